The van der Waals surface area contributed by atoms with Crippen molar-refractivity contribution < 1.29 is 14.3 Å². The van der Waals surface area contributed by atoms with Crippen LogP contribution in [0, 0.1) is 13.8 Å². The van der Waals surface area contributed by atoms with Crippen molar-refractivity contribution in [3.05, 3.63) is 59.4 Å². The molecule has 1 amide bonds. The molecule has 0 atom stereocenters. The largest absolute Gasteiger partial charge is 0.469 e. The molecule has 1 aromatic heterocycles. The fraction of sp³-hybridized carbons (Fsp3) is 0.263. The normalized spacial score (nSPS) is 10.8. The van der Waals surface area contributed by atoms with Crippen molar-refractivity contribution in [2.45, 2.75) is 20.3 Å². The van der Waals surface area contributed by atoms with E-state index in [-0.39, 0.29) is 24.8 Å². The molecule has 0 radical (unpaired) electrons. The average molecular weight is 326 g/mol. The first kappa shape index (κ1) is 17.5. The van der Waals surface area contributed by atoms with Gasteiger partial charge >= 0.3 is 5.97 Å². The van der Waals surface area contributed by atoms with Gasteiger partial charge in [-0.2, -0.15) is 0 Å². The van der Waals surface area contributed by atoms with Crippen molar-refractivity contribution in [2.24, 2.45) is 0 Å². The van der Waals surface area contributed by atoms with Gasteiger partial charge in [0.05, 0.1) is 13.5 Å². The lowest BCUT2D eigenvalue weighted by Gasteiger charge is -2.09. The number of amides is 1. The van der Waals surface area contributed by atoms with E-state index in [1.54, 1.807) is 6.08 Å². The summed E-state index contributed by atoms with van der Waals surface area (Å²) in [5.74, 6) is -0.575. The molecule has 0 aliphatic rings. The number of para-hydroxylation sites is 1. The quantitative estimate of drug-likeness (QED) is 0.656. The molecule has 0 aliphatic carbocycles. The second-order valence-corrected chi connectivity index (χ2v) is 5.45. The lowest BCUT2D eigenvalue weighted by Crippen LogP contribution is -2.24. The van der Waals surface area contributed by atoms with Crippen LogP contribution in [0.5, 0.6) is 0 Å². The minimum absolute atomic E-state index is 0.165. The molecule has 1 heterocycles. The van der Waals surface area contributed by atoms with Gasteiger partial charge in [-0.15, -0.1) is 0 Å². The number of aromatic nitrogens is 1. The minimum Gasteiger partial charge on any atom is -0.469 e. The predicted octanol–water partition coefficient (Wildman–Crippen LogP) is 2.79. The minimum atomic E-state index is -0.342. The van der Waals surface area contributed by atoms with Gasteiger partial charge in [0, 0.05) is 29.7 Å². The summed E-state index contributed by atoms with van der Waals surface area (Å²) in [5.41, 5.74) is 4.25. The number of nitrogens with zero attached hydrogens (tertiary/aromatic N) is 1. The number of ether oxygens (including phenoxy) is 1. The highest BCUT2D eigenvalue weighted by Crippen LogP contribution is 2.21. The van der Waals surface area contributed by atoms with E-state index in [0.29, 0.717) is 0 Å². The number of carbonyl (C=O) groups excluding carboxylic acids is 2. The first-order valence-electron chi connectivity index (χ1n) is 7.80. The number of rotatable bonds is 6. The van der Waals surface area contributed by atoms with Crippen molar-refractivity contribution in [1.82, 2.24) is 9.88 Å². The maximum Gasteiger partial charge on any atom is 0.307 e. The van der Waals surface area contributed by atoms with Gasteiger partial charge in [0.25, 0.3) is 0 Å². The van der Waals surface area contributed by atoms with Gasteiger partial charge in [-0.3, -0.25) is 9.59 Å². The molecule has 24 heavy (non-hydrogen) atoms. The van der Waals surface area contributed by atoms with E-state index in [0.717, 1.165) is 22.6 Å². The van der Waals surface area contributed by atoms with E-state index < -0.39 is 0 Å². The van der Waals surface area contributed by atoms with Crippen molar-refractivity contribution in [1.29, 1.82) is 0 Å². The highest BCUT2D eigenvalue weighted by molar-refractivity contribution is 5.92. The Hall–Kier alpha value is -2.82. The molecule has 1 aromatic carbocycles. The van der Waals surface area contributed by atoms with Gasteiger partial charge in [0.2, 0.25) is 5.91 Å². The first-order valence-corrected chi connectivity index (χ1v) is 7.80. The summed E-state index contributed by atoms with van der Waals surface area (Å²) >= 11 is 0. The maximum absolute atomic E-state index is 11.8. The van der Waals surface area contributed by atoms with Gasteiger partial charge in [0.1, 0.15) is 0 Å². The number of carbonyl (C=O) groups is 2. The standard InChI is InChI=1S/C19H22N2O3/c1-14-13-16(9-10-18(22)20-12-11-19(23)24-3)15(2)21(14)17-7-5-4-6-8-17/h4-10,13H,11-12H2,1-3H3,(H,20,22)/b10-9+. The van der Waals surface area contributed by atoms with E-state index in [1.165, 1.54) is 13.2 Å². The summed E-state index contributed by atoms with van der Waals surface area (Å²) < 4.78 is 6.67. The van der Waals surface area contributed by atoms with E-state index >= 15 is 0 Å². The Morgan fingerprint density at radius 3 is 2.58 bits per heavy atom. The zero-order chi connectivity index (χ0) is 17.5. The molecular weight excluding hydrogens is 304 g/mol. The average Bonchev–Trinajstić information content (AvgIpc) is 2.87. The fourth-order valence-electron chi connectivity index (χ4n) is 2.54. The van der Waals surface area contributed by atoms with Crippen LogP contribution >= 0.6 is 0 Å². The van der Waals surface area contributed by atoms with E-state index in [2.05, 4.69) is 14.6 Å². The lowest BCUT2D eigenvalue weighted by atomic mass is 10.2. The third-order valence-electron chi connectivity index (χ3n) is 3.75. The Kier molecular flexibility index (Phi) is 5.95. The smallest absolute Gasteiger partial charge is 0.307 e. The Morgan fingerprint density at radius 1 is 1.21 bits per heavy atom. The molecule has 126 valence electrons. The summed E-state index contributed by atoms with van der Waals surface area (Å²) in [6.07, 6.45) is 3.43. The molecule has 0 saturated carbocycles. The molecule has 0 saturated heterocycles. The number of hydrogen-bond donors (Lipinski definition) is 1. The van der Waals surface area contributed by atoms with Crippen LogP contribution in [-0.4, -0.2) is 30.1 Å². The van der Waals surface area contributed by atoms with Crippen LogP contribution in [0.25, 0.3) is 11.8 Å². The summed E-state index contributed by atoms with van der Waals surface area (Å²) in [5, 5.41) is 2.66. The molecule has 0 bridgehead atoms. The Bertz CT molecular complexity index is 745. The third kappa shape index (κ3) is 4.35. The number of benzene rings is 1. The van der Waals surface area contributed by atoms with Crippen LogP contribution in [0.1, 0.15) is 23.4 Å². The Balaban J connectivity index is 2.05. The molecule has 0 aliphatic heterocycles. The van der Waals surface area contributed by atoms with Gasteiger partial charge in [-0.25, -0.2) is 0 Å². The molecule has 5 heteroatoms. The lowest BCUT2D eigenvalue weighted by molar-refractivity contribution is -0.140. The maximum atomic E-state index is 11.8. The monoisotopic (exact) mass is 326 g/mol. The molecule has 2 aromatic rings. The molecule has 2 rings (SSSR count). The molecule has 1 N–H and O–H groups in total. The van der Waals surface area contributed by atoms with Crippen LogP contribution < -0.4 is 5.32 Å². The molecule has 5 nitrogen and oxygen atoms in total. The van der Waals surface area contributed by atoms with Crippen molar-refractivity contribution in [3.63, 3.8) is 0 Å². The van der Waals surface area contributed by atoms with Crippen LogP contribution in [0.3, 0.4) is 0 Å². The Labute approximate surface area is 141 Å². The summed E-state index contributed by atoms with van der Waals surface area (Å²) in [6, 6.07) is 12.1. The number of hydrogen-bond acceptors (Lipinski definition) is 3. The van der Waals surface area contributed by atoms with Gasteiger partial charge in [0.15, 0.2) is 0 Å². The fourth-order valence-corrected chi connectivity index (χ4v) is 2.54. The number of methoxy groups -OCH3 is 1. The van der Waals surface area contributed by atoms with Gasteiger partial charge < -0.3 is 14.6 Å². The van der Waals surface area contributed by atoms with Crippen LogP contribution in [0.15, 0.2) is 42.5 Å². The van der Waals surface area contributed by atoms with E-state index in [4.69, 9.17) is 0 Å². The molecule has 0 spiro atoms. The van der Waals surface area contributed by atoms with E-state index in [9.17, 15) is 9.59 Å². The van der Waals surface area contributed by atoms with Gasteiger partial charge in [-0.1, -0.05) is 18.2 Å². The van der Waals surface area contributed by atoms with E-state index in [1.807, 2.05) is 50.2 Å². The second-order valence-electron chi connectivity index (χ2n) is 5.45. The molecule has 0 fully saturated rings. The van der Waals surface area contributed by atoms with Crippen molar-refractivity contribution in [2.75, 3.05) is 13.7 Å². The summed E-state index contributed by atoms with van der Waals surface area (Å²) in [6.45, 7) is 4.32. The highest BCUT2D eigenvalue weighted by atomic mass is 16.5. The molecular formula is C19H22N2O3. The zero-order valence-corrected chi connectivity index (χ0v) is 14.2. The van der Waals surface area contributed by atoms with Crippen molar-refractivity contribution in [3.8, 4) is 5.69 Å². The van der Waals surface area contributed by atoms with Crippen LogP contribution in [0.2, 0.25) is 0 Å². The number of esters is 1. The molecule has 0 unspecified atom stereocenters. The summed E-state index contributed by atoms with van der Waals surface area (Å²) in [4.78, 5) is 22.8. The highest BCUT2D eigenvalue weighted by Gasteiger charge is 2.09. The predicted molar refractivity (Wildman–Crippen MR) is 93.9 cm³/mol. The number of aryl methyl sites for hydroxylation is 1. The SMILES string of the molecule is COC(=O)CCNC(=O)/C=C/c1cc(C)n(-c2ccccc2)c1C. The van der Waals surface area contributed by atoms with Crippen LogP contribution in [-0.2, 0) is 14.3 Å². The third-order valence-corrected chi connectivity index (χ3v) is 3.75. The summed E-state index contributed by atoms with van der Waals surface area (Å²) in [7, 11) is 1.33. The topological polar surface area (TPSA) is 60.3 Å². The first-order chi connectivity index (χ1) is 11.5. The van der Waals surface area contributed by atoms with Crippen molar-refractivity contribution >= 4 is 18.0 Å². The second kappa shape index (κ2) is 8.15. The Morgan fingerprint density at radius 2 is 1.92 bits per heavy atom. The number of nitrogens with one attached hydrogen (secondary N) is 1. The van der Waals surface area contributed by atoms with Crippen LogP contribution in [0.4, 0.5) is 0 Å². The zero-order valence-electron chi connectivity index (χ0n) is 14.2. The van der Waals surface area contributed by atoms with Gasteiger partial charge in [-0.05, 0) is 43.7 Å².